The Morgan fingerprint density at radius 2 is 2.00 bits per heavy atom. The Morgan fingerprint density at radius 1 is 1.24 bits per heavy atom. The maximum Gasteiger partial charge on any atom is 1.00 e. The van der Waals surface area contributed by atoms with Gasteiger partial charge in [0, 0.05) is 36.3 Å². The molecule has 6 nitrogen and oxygen atoms in total. The summed E-state index contributed by atoms with van der Waals surface area (Å²) in [6.07, 6.45) is 1.30. The van der Waals surface area contributed by atoms with Gasteiger partial charge in [-0.15, -0.1) is 0 Å². The molecule has 0 aliphatic rings. The Bertz CT molecular complexity index is 1100. The van der Waals surface area contributed by atoms with Crippen LogP contribution in [0.5, 0.6) is 0 Å². The molecule has 0 amide bonds. The second-order valence-corrected chi connectivity index (χ2v) is 5.68. The van der Waals surface area contributed by atoms with Gasteiger partial charge in [-0.25, -0.2) is 9.97 Å². The number of aromatic nitrogens is 4. The van der Waals surface area contributed by atoms with Gasteiger partial charge in [0.1, 0.15) is 5.52 Å². The van der Waals surface area contributed by atoms with Gasteiger partial charge in [0.25, 0.3) is 0 Å². The minimum absolute atomic E-state index is 0. The van der Waals surface area contributed by atoms with Gasteiger partial charge in [0.05, 0.1) is 11.7 Å². The van der Waals surface area contributed by atoms with Gasteiger partial charge in [-0.1, -0.05) is 18.2 Å². The van der Waals surface area contributed by atoms with Crippen molar-refractivity contribution >= 4 is 28.0 Å². The predicted molar refractivity (Wildman–Crippen MR) is 89.4 cm³/mol. The summed E-state index contributed by atoms with van der Waals surface area (Å²) in [5, 5.41) is 12.2. The van der Waals surface area contributed by atoms with Crippen molar-refractivity contribution < 1.29 is 28.8 Å². The molecule has 0 spiro atoms. The van der Waals surface area contributed by atoms with Gasteiger partial charge < -0.3 is 19.0 Å². The number of benzene rings is 1. The fraction of sp³-hybridized carbons (Fsp3) is 0.167. The largest absolute Gasteiger partial charge is 1.00 e. The van der Waals surface area contributed by atoms with Crippen LogP contribution in [-0.2, 0) is 13.6 Å². The molecule has 0 saturated heterocycles. The van der Waals surface area contributed by atoms with Gasteiger partial charge in [-0.05, 0) is 25.1 Å². The first-order valence-electron chi connectivity index (χ1n) is 7.72. The number of rotatable bonds is 3. The van der Waals surface area contributed by atoms with E-state index in [1.807, 2.05) is 23.7 Å². The molecule has 3 heterocycles. The van der Waals surface area contributed by atoms with Gasteiger partial charge >= 0.3 is 18.9 Å². The Morgan fingerprint density at radius 3 is 2.72 bits per heavy atom. The number of para-hydroxylation sites is 1. The zero-order valence-corrected chi connectivity index (χ0v) is 14.4. The second-order valence-electron chi connectivity index (χ2n) is 5.68. The monoisotopic (exact) mass is 326 g/mol. The summed E-state index contributed by atoms with van der Waals surface area (Å²) >= 11 is 0. The zero-order chi connectivity index (χ0) is 16.8. The second kappa shape index (κ2) is 6.39. The summed E-state index contributed by atoms with van der Waals surface area (Å²) in [5.41, 5.74) is 3.34. The van der Waals surface area contributed by atoms with Gasteiger partial charge in [0.2, 0.25) is 0 Å². The third-order valence-corrected chi connectivity index (χ3v) is 4.30. The van der Waals surface area contributed by atoms with E-state index >= 15 is 0 Å². The smallest absolute Gasteiger partial charge is 0.545 e. The van der Waals surface area contributed by atoms with Crippen LogP contribution in [0, 0.1) is 0 Å². The average Bonchev–Trinajstić information content (AvgIpc) is 3.12. The number of hydrogen-bond acceptors (Lipinski definition) is 4. The number of carboxylic acid groups (broad SMARTS) is 1. The van der Waals surface area contributed by atoms with Crippen LogP contribution in [0.25, 0.3) is 33.6 Å². The third-order valence-electron chi connectivity index (χ3n) is 4.30. The van der Waals surface area contributed by atoms with E-state index in [4.69, 9.17) is 0 Å². The summed E-state index contributed by atoms with van der Waals surface area (Å²) in [7, 11) is 1.88. The van der Waals surface area contributed by atoms with E-state index in [1.165, 1.54) is 12.3 Å². The van der Waals surface area contributed by atoms with Crippen molar-refractivity contribution in [1.29, 1.82) is 0 Å². The van der Waals surface area contributed by atoms with E-state index in [-0.39, 0.29) is 24.4 Å². The van der Waals surface area contributed by atoms with Crippen LogP contribution in [0.3, 0.4) is 0 Å². The van der Waals surface area contributed by atoms with Crippen molar-refractivity contribution in [3.63, 3.8) is 0 Å². The number of fused-ring (bicyclic) bond motifs is 2. The number of carbonyl (C=O) groups excluding carboxylic acids is 1. The molecule has 120 valence electrons. The van der Waals surface area contributed by atoms with E-state index < -0.39 is 5.97 Å². The Hall–Kier alpha value is -2.55. The quantitative estimate of drug-likeness (QED) is 0.452. The molecular weight excluding hydrogens is 311 g/mol. The fourth-order valence-corrected chi connectivity index (χ4v) is 3.15. The maximum atomic E-state index is 11.0. The number of aromatic carboxylic acids is 1. The molecular formula is C18H15LiN4O2. The molecule has 1 aromatic carbocycles. The summed E-state index contributed by atoms with van der Waals surface area (Å²) < 4.78 is 4.07. The minimum atomic E-state index is -1.25. The van der Waals surface area contributed by atoms with Crippen LogP contribution >= 0.6 is 0 Å². The van der Waals surface area contributed by atoms with Crippen molar-refractivity contribution in [3.8, 4) is 11.5 Å². The SMILES string of the molecule is CCn1c(-c2nc3cc(C(=O)[O-])cnc3n2C)cc2ccccc21.[Li+]. The molecule has 7 heteroatoms. The number of pyridine rings is 1. The molecule has 0 aliphatic carbocycles. The van der Waals surface area contributed by atoms with Crippen LogP contribution in [0.2, 0.25) is 0 Å². The Labute approximate surface area is 156 Å². The molecule has 0 atom stereocenters. The molecule has 4 rings (SSSR count). The molecule has 0 aliphatic heterocycles. The predicted octanol–water partition coefficient (Wildman–Crippen LogP) is -1.02. The normalized spacial score (nSPS) is 11.0. The molecule has 0 fully saturated rings. The number of aryl methyl sites for hydroxylation is 2. The van der Waals surface area contributed by atoms with Crippen molar-refractivity contribution in [1.82, 2.24) is 19.1 Å². The van der Waals surface area contributed by atoms with Crippen molar-refractivity contribution in [3.05, 3.63) is 48.2 Å². The molecule has 0 saturated carbocycles. The Kier molecular flexibility index (Phi) is 4.42. The first-order valence-corrected chi connectivity index (χ1v) is 7.72. The summed E-state index contributed by atoms with van der Waals surface area (Å²) in [4.78, 5) is 19.9. The third kappa shape index (κ3) is 2.64. The average molecular weight is 326 g/mol. The molecule has 4 aromatic rings. The van der Waals surface area contributed by atoms with E-state index in [0.717, 1.165) is 29.0 Å². The molecule has 0 bridgehead atoms. The van der Waals surface area contributed by atoms with Crippen LogP contribution in [0.15, 0.2) is 42.6 Å². The molecule has 0 radical (unpaired) electrons. The van der Waals surface area contributed by atoms with E-state index in [9.17, 15) is 9.90 Å². The molecule has 0 N–H and O–H groups in total. The number of carboxylic acids is 1. The molecule has 25 heavy (non-hydrogen) atoms. The van der Waals surface area contributed by atoms with Crippen LogP contribution in [-0.4, -0.2) is 25.1 Å². The first-order chi connectivity index (χ1) is 11.6. The topological polar surface area (TPSA) is 75.8 Å². The zero-order valence-electron chi connectivity index (χ0n) is 14.4. The van der Waals surface area contributed by atoms with Gasteiger partial charge in [-0.2, -0.15) is 0 Å². The number of imidazole rings is 1. The van der Waals surface area contributed by atoms with Gasteiger partial charge in [-0.3, -0.25) is 0 Å². The molecule has 0 unspecified atom stereocenters. The summed E-state index contributed by atoms with van der Waals surface area (Å²) in [5.74, 6) is -0.495. The minimum Gasteiger partial charge on any atom is -0.545 e. The van der Waals surface area contributed by atoms with Crippen molar-refractivity contribution in [2.75, 3.05) is 0 Å². The van der Waals surface area contributed by atoms with Crippen LogP contribution in [0.4, 0.5) is 0 Å². The van der Waals surface area contributed by atoms with Crippen molar-refractivity contribution in [2.45, 2.75) is 13.5 Å². The summed E-state index contributed by atoms with van der Waals surface area (Å²) in [6.45, 7) is 2.90. The number of nitrogens with zero attached hydrogens (tertiary/aromatic N) is 4. The fourth-order valence-electron chi connectivity index (χ4n) is 3.15. The van der Waals surface area contributed by atoms with Crippen molar-refractivity contribution in [2.24, 2.45) is 7.05 Å². The van der Waals surface area contributed by atoms with Gasteiger partial charge in [0.15, 0.2) is 11.5 Å². The van der Waals surface area contributed by atoms with E-state index in [1.54, 1.807) is 0 Å². The maximum absolute atomic E-state index is 11.0. The van der Waals surface area contributed by atoms with E-state index in [0.29, 0.717) is 11.2 Å². The number of carbonyl (C=O) groups is 1. The van der Waals surface area contributed by atoms with E-state index in [2.05, 4.69) is 39.7 Å². The Balaban J connectivity index is 0.00000182. The first kappa shape index (κ1) is 17.3. The molecule has 3 aromatic heterocycles. The standard InChI is InChI=1S/C18H16N4O2.Li/c1-3-22-14-7-5-4-6-11(14)9-15(22)17-20-13-8-12(18(23)24)10-19-16(13)21(17)2;/h4-10H,3H2,1-2H3,(H,23,24);/q;+1/p-1. The van der Waals surface area contributed by atoms with Crippen LogP contribution < -0.4 is 24.0 Å². The number of hydrogen-bond donors (Lipinski definition) is 0. The summed E-state index contributed by atoms with van der Waals surface area (Å²) in [6, 6.07) is 11.8. The van der Waals surface area contributed by atoms with Crippen LogP contribution in [0.1, 0.15) is 17.3 Å².